The number of hydrogen-bond donors (Lipinski definition) is 0. The Morgan fingerprint density at radius 2 is 2.25 bits per heavy atom. The summed E-state index contributed by atoms with van der Waals surface area (Å²) in [7, 11) is 0. The summed E-state index contributed by atoms with van der Waals surface area (Å²) in [5.41, 5.74) is 0.357. The first-order chi connectivity index (χ1) is 5.26. The summed E-state index contributed by atoms with van der Waals surface area (Å²) >= 11 is 2.50. The van der Waals surface area contributed by atoms with Gasteiger partial charge in [0.2, 0.25) is 0 Å². The van der Waals surface area contributed by atoms with Gasteiger partial charge in [0, 0.05) is 41.6 Å². The molecule has 12 heavy (non-hydrogen) atoms. The minimum absolute atomic E-state index is 0. The van der Waals surface area contributed by atoms with Crippen LogP contribution in [-0.2, 0) is 0 Å². The SMILES string of the molecule is [CH2-]C12CCCN1C(CI)CC2.[U]. The fourth-order valence-corrected chi connectivity index (χ4v) is 3.47. The molecule has 2 fully saturated rings. The van der Waals surface area contributed by atoms with Crippen LogP contribution in [0, 0.1) is 38.0 Å². The molecule has 2 heterocycles. The first-order valence-electron chi connectivity index (χ1n) is 4.44. The molecule has 0 amide bonds. The molecule has 0 radical (unpaired) electrons. The standard InChI is InChI=1S/C9H15IN.U/c1-9-4-2-6-11(9)8(7-10)3-5-9;/h8H,1-7H2;/q-1;. The van der Waals surface area contributed by atoms with Gasteiger partial charge < -0.3 is 11.8 Å². The zero-order valence-corrected chi connectivity index (χ0v) is 13.7. The predicted octanol–water partition coefficient (Wildman–Crippen LogP) is 2.25. The molecule has 2 atom stereocenters. The van der Waals surface area contributed by atoms with Crippen LogP contribution in [0.4, 0.5) is 0 Å². The van der Waals surface area contributed by atoms with Crippen molar-refractivity contribution in [2.75, 3.05) is 11.0 Å². The van der Waals surface area contributed by atoms with Gasteiger partial charge in [0.1, 0.15) is 0 Å². The maximum atomic E-state index is 4.35. The van der Waals surface area contributed by atoms with Gasteiger partial charge in [0.05, 0.1) is 0 Å². The number of fused-ring (bicyclic) bond motifs is 1. The van der Waals surface area contributed by atoms with Crippen LogP contribution in [-0.4, -0.2) is 27.5 Å². The predicted molar refractivity (Wildman–Crippen MR) is 55.9 cm³/mol. The number of nitrogens with zero attached hydrogens (tertiary/aromatic N) is 1. The number of rotatable bonds is 1. The summed E-state index contributed by atoms with van der Waals surface area (Å²) in [6, 6.07) is 0.843. The summed E-state index contributed by atoms with van der Waals surface area (Å²) < 4.78 is 1.29. The van der Waals surface area contributed by atoms with E-state index in [1.165, 1.54) is 36.7 Å². The number of halogens is 1. The van der Waals surface area contributed by atoms with Gasteiger partial charge in [-0.25, -0.2) is 0 Å². The molecular weight excluding hydrogens is 487 g/mol. The van der Waals surface area contributed by atoms with E-state index in [4.69, 9.17) is 0 Å². The fourth-order valence-electron chi connectivity index (χ4n) is 2.55. The molecule has 0 aliphatic carbocycles. The van der Waals surface area contributed by atoms with E-state index in [-0.39, 0.29) is 31.1 Å². The van der Waals surface area contributed by atoms with Crippen LogP contribution in [0.15, 0.2) is 0 Å². The van der Waals surface area contributed by atoms with E-state index in [0.29, 0.717) is 5.54 Å². The van der Waals surface area contributed by atoms with E-state index in [0.717, 1.165) is 6.04 Å². The van der Waals surface area contributed by atoms with E-state index in [2.05, 4.69) is 34.4 Å². The van der Waals surface area contributed by atoms with Crippen LogP contribution in [0.3, 0.4) is 0 Å². The molecular formula is C9H15INU-. The van der Waals surface area contributed by atoms with Crippen molar-refractivity contribution < 1.29 is 31.1 Å². The smallest absolute Gasteiger partial charge is 0.0162 e. The largest absolute Gasteiger partial charge is 0.323 e. The van der Waals surface area contributed by atoms with Crippen molar-refractivity contribution in [2.45, 2.75) is 37.3 Å². The van der Waals surface area contributed by atoms with Crippen molar-refractivity contribution >= 4 is 22.6 Å². The maximum absolute atomic E-state index is 4.35. The molecule has 2 aliphatic heterocycles. The van der Waals surface area contributed by atoms with Crippen molar-refractivity contribution in [3.8, 4) is 0 Å². The molecule has 1 nitrogen and oxygen atoms in total. The third-order valence-corrected chi connectivity index (χ3v) is 4.23. The Kier molecular flexibility index (Phi) is 4.44. The molecule has 0 aromatic heterocycles. The molecule has 2 saturated heterocycles. The van der Waals surface area contributed by atoms with Crippen LogP contribution in [0.5, 0.6) is 0 Å². The number of alkyl halides is 1. The molecule has 3 heteroatoms. The third-order valence-electron chi connectivity index (χ3n) is 3.21. The van der Waals surface area contributed by atoms with E-state index in [1.807, 2.05) is 0 Å². The molecule has 0 aromatic rings. The van der Waals surface area contributed by atoms with Crippen LogP contribution in [0.1, 0.15) is 25.7 Å². The van der Waals surface area contributed by atoms with Crippen molar-refractivity contribution in [1.82, 2.24) is 4.90 Å². The zero-order valence-electron chi connectivity index (χ0n) is 7.35. The second kappa shape index (κ2) is 4.51. The van der Waals surface area contributed by atoms with Crippen LogP contribution < -0.4 is 0 Å². The van der Waals surface area contributed by atoms with Crippen molar-refractivity contribution in [3.05, 3.63) is 6.92 Å². The summed E-state index contributed by atoms with van der Waals surface area (Å²) in [4.78, 5) is 2.64. The van der Waals surface area contributed by atoms with Crippen LogP contribution >= 0.6 is 22.6 Å². The average Bonchev–Trinajstić information content (AvgIpc) is 2.45. The Balaban J connectivity index is 0.000000720. The molecule has 2 aliphatic rings. The Labute approximate surface area is 113 Å². The van der Waals surface area contributed by atoms with E-state index in [9.17, 15) is 0 Å². The maximum Gasteiger partial charge on any atom is 0.0162 e. The second-order valence-electron chi connectivity index (χ2n) is 3.87. The topological polar surface area (TPSA) is 3.24 Å². The van der Waals surface area contributed by atoms with E-state index >= 15 is 0 Å². The molecule has 0 bridgehead atoms. The Morgan fingerprint density at radius 1 is 1.50 bits per heavy atom. The van der Waals surface area contributed by atoms with E-state index in [1.54, 1.807) is 0 Å². The van der Waals surface area contributed by atoms with Gasteiger partial charge in [0.25, 0.3) is 0 Å². The van der Waals surface area contributed by atoms with Gasteiger partial charge in [-0.05, 0) is 19.4 Å². The molecule has 0 N–H and O–H groups in total. The van der Waals surface area contributed by atoms with Gasteiger partial charge in [-0.3, -0.25) is 0 Å². The van der Waals surface area contributed by atoms with Gasteiger partial charge >= 0.3 is 0 Å². The van der Waals surface area contributed by atoms with Crippen molar-refractivity contribution in [1.29, 1.82) is 0 Å². The molecule has 68 valence electrons. The summed E-state index contributed by atoms with van der Waals surface area (Å²) in [6.07, 6.45) is 5.42. The summed E-state index contributed by atoms with van der Waals surface area (Å²) in [5.74, 6) is 0. The van der Waals surface area contributed by atoms with Gasteiger partial charge in [-0.15, -0.1) is 5.54 Å². The molecule has 2 unspecified atom stereocenters. The fraction of sp³-hybridized carbons (Fsp3) is 0.889. The average molecular weight is 502 g/mol. The first-order valence-corrected chi connectivity index (χ1v) is 5.97. The zero-order chi connectivity index (χ0) is 7.90. The molecule has 0 saturated carbocycles. The Bertz CT molecular complexity index is 165. The van der Waals surface area contributed by atoms with E-state index < -0.39 is 0 Å². The monoisotopic (exact) mass is 502 g/mol. The van der Waals surface area contributed by atoms with Crippen LogP contribution in [0.2, 0.25) is 0 Å². The van der Waals surface area contributed by atoms with Crippen molar-refractivity contribution in [2.24, 2.45) is 0 Å². The summed E-state index contributed by atoms with van der Waals surface area (Å²) in [6.45, 7) is 5.65. The summed E-state index contributed by atoms with van der Waals surface area (Å²) in [5, 5.41) is 0. The molecule has 2 rings (SSSR count). The van der Waals surface area contributed by atoms with Crippen molar-refractivity contribution in [3.63, 3.8) is 0 Å². The third kappa shape index (κ3) is 1.89. The second-order valence-corrected chi connectivity index (χ2v) is 4.75. The van der Waals surface area contributed by atoms with Gasteiger partial charge in [-0.1, -0.05) is 35.4 Å². The Hall–Kier alpha value is 1.74. The minimum Gasteiger partial charge on any atom is -0.323 e. The normalized spacial score (nSPS) is 41.0. The first kappa shape index (κ1) is 11.8. The quantitative estimate of drug-likeness (QED) is 0.302. The molecule has 0 spiro atoms. The Morgan fingerprint density at radius 3 is 2.92 bits per heavy atom. The minimum atomic E-state index is 0. The molecule has 0 aromatic carbocycles. The number of hydrogen-bond acceptors (Lipinski definition) is 1. The van der Waals surface area contributed by atoms with Gasteiger partial charge in [0.15, 0.2) is 0 Å². The van der Waals surface area contributed by atoms with Crippen LogP contribution in [0.25, 0.3) is 0 Å². The van der Waals surface area contributed by atoms with Gasteiger partial charge in [-0.2, -0.15) is 0 Å².